The maximum absolute atomic E-state index is 5.69. The van der Waals surface area contributed by atoms with Crippen LogP contribution in [0.1, 0.15) is 0 Å². The number of fused-ring (bicyclic) bond motifs is 1. The average molecular weight is 173 g/mol. The van der Waals surface area contributed by atoms with E-state index in [0.29, 0.717) is 5.82 Å². The van der Waals surface area contributed by atoms with Gasteiger partial charge in [-0.15, -0.1) is 0 Å². The van der Waals surface area contributed by atoms with Gasteiger partial charge in [0.25, 0.3) is 0 Å². The highest BCUT2D eigenvalue weighted by molar-refractivity contribution is 5.94. The van der Waals surface area contributed by atoms with Gasteiger partial charge in [-0.3, -0.25) is 0 Å². The van der Waals surface area contributed by atoms with Crippen LogP contribution in [0.4, 0.5) is 5.82 Å². The molecule has 0 saturated carbocycles. The van der Waals surface area contributed by atoms with Gasteiger partial charge < -0.3 is 10.5 Å². The molecule has 1 aromatic carbocycles. The fraction of sp³-hybridized carbons (Fsp3) is 0.100. The van der Waals surface area contributed by atoms with Crippen LogP contribution in [0.15, 0.2) is 24.4 Å². The summed E-state index contributed by atoms with van der Waals surface area (Å²) in [5.74, 6) is 1.24. The Hall–Kier alpha value is -1.77. The van der Waals surface area contributed by atoms with Crippen LogP contribution in [0.5, 0.6) is 5.75 Å². The third-order valence-electron chi connectivity index (χ3n) is 1.95. The van der Waals surface area contributed by atoms with Crippen molar-refractivity contribution in [3.63, 3.8) is 0 Å². The van der Waals surface area contributed by atoms with Crippen molar-refractivity contribution in [3.05, 3.63) is 30.5 Å². The van der Waals surface area contributed by atoms with E-state index in [0.717, 1.165) is 16.5 Å². The van der Waals surface area contributed by atoms with Crippen molar-refractivity contribution < 1.29 is 4.74 Å². The third kappa shape index (κ3) is 1.18. The largest absolute Gasteiger partial charge is 0.494 e. The highest BCUT2D eigenvalue weighted by Crippen LogP contribution is 2.26. The van der Waals surface area contributed by atoms with Gasteiger partial charge in [0.15, 0.2) is 0 Å². The van der Waals surface area contributed by atoms with Crippen LogP contribution in [-0.2, 0) is 0 Å². The predicted octanol–water partition coefficient (Wildman–Crippen LogP) is 1.63. The molecule has 2 N–H and O–H groups in total. The molecular formula is C10H9N2O. The number of aromatic nitrogens is 1. The summed E-state index contributed by atoms with van der Waals surface area (Å²) < 4.78 is 5.15. The molecule has 3 heteroatoms. The van der Waals surface area contributed by atoms with E-state index in [9.17, 15) is 0 Å². The van der Waals surface area contributed by atoms with Gasteiger partial charge in [-0.05, 0) is 18.2 Å². The highest BCUT2D eigenvalue weighted by Gasteiger charge is 2.03. The summed E-state index contributed by atoms with van der Waals surface area (Å²) in [4.78, 5) is 4.01. The zero-order valence-corrected chi connectivity index (χ0v) is 7.24. The Bertz CT molecular complexity index is 440. The van der Waals surface area contributed by atoms with Crippen LogP contribution in [0.3, 0.4) is 0 Å². The molecule has 0 aliphatic carbocycles. The molecule has 1 heterocycles. The third-order valence-corrected chi connectivity index (χ3v) is 1.95. The first-order valence-electron chi connectivity index (χ1n) is 3.91. The molecule has 65 valence electrons. The molecule has 0 bridgehead atoms. The van der Waals surface area contributed by atoms with E-state index in [4.69, 9.17) is 10.5 Å². The Balaban J connectivity index is 2.84. The van der Waals surface area contributed by atoms with Crippen molar-refractivity contribution in [2.24, 2.45) is 0 Å². The number of benzene rings is 1. The second kappa shape index (κ2) is 2.94. The molecule has 0 atom stereocenters. The summed E-state index contributed by atoms with van der Waals surface area (Å²) in [6.45, 7) is 0. The average Bonchev–Trinajstić information content (AvgIpc) is 2.19. The number of hydrogen-bond acceptors (Lipinski definition) is 3. The minimum atomic E-state index is 0.507. The van der Waals surface area contributed by atoms with Gasteiger partial charge in [0.05, 0.1) is 13.3 Å². The molecule has 1 aromatic heterocycles. The van der Waals surface area contributed by atoms with Crippen LogP contribution in [0.25, 0.3) is 10.8 Å². The molecule has 2 rings (SSSR count). The Morgan fingerprint density at radius 1 is 1.46 bits per heavy atom. The molecule has 0 amide bonds. The van der Waals surface area contributed by atoms with E-state index in [1.54, 1.807) is 19.4 Å². The normalized spacial score (nSPS) is 10.2. The van der Waals surface area contributed by atoms with Crippen molar-refractivity contribution in [2.75, 3.05) is 12.8 Å². The van der Waals surface area contributed by atoms with Crippen molar-refractivity contribution in [3.8, 4) is 5.75 Å². The van der Waals surface area contributed by atoms with Gasteiger partial charge >= 0.3 is 0 Å². The monoisotopic (exact) mass is 173 g/mol. The molecule has 0 aliphatic heterocycles. The molecule has 0 spiro atoms. The Labute approximate surface area is 76.2 Å². The van der Waals surface area contributed by atoms with Crippen molar-refractivity contribution in [2.45, 2.75) is 0 Å². The van der Waals surface area contributed by atoms with Gasteiger partial charge in [-0.1, -0.05) is 6.07 Å². The first-order chi connectivity index (χ1) is 6.33. The van der Waals surface area contributed by atoms with Crippen LogP contribution in [0.2, 0.25) is 0 Å². The molecule has 0 unspecified atom stereocenters. The molecule has 13 heavy (non-hydrogen) atoms. The quantitative estimate of drug-likeness (QED) is 0.712. The summed E-state index contributed by atoms with van der Waals surface area (Å²) in [6.07, 6.45) is 1.62. The number of nitrogens with two attached hydrogens (primary N) is 1. The van der Waals surface area contributed by atoms with Crippen LogP contribution in [-0.4, -0.2) is 12.1 Å². The number of ether oxygens (including phenoxy) is 1. The zero-order chi connectivity index (χ0) is 9.26. The lowest BCUT2D eigenvalue weighted by Crippen LogP contribution is -1.93. The van der Waals surface area contributed by atoms with Gasteiger partial charge in [0.2, 0.25) is 0 Å². The van der Waals surface area contributed by atoms with Crippen LogP contribution < -0.4 is 10.5 Å². The number of nitrogen functional groups attached to an aromatic ring is 1. The summed E-state index contributed by atoms with van der Waals surface area (Å²) in [6, 6.07) is 8.49. The first-order valence-corrected chi connectivity index (χ1v) is 3.91. The number of methoxy groups -OCH3 is 1. The Morgan fingerprint density at radius 3 is 3.08 bits per heavy atom. The first kappa shape index (κ1) is 7.86. The summed E-state index contributed by atoms with van der Waals surface area (Å²) in [7, 11) is 1.61. The SMILES string of the molecule is COc1cnc(N)c2c[c]ccc12. The Morgan fingerprint density at radius 2 is 2.31 bits per heavy atom. The van der Waals surface area contributed by atoms with Gasteiger partial charge in [0.1, 0.15) is 11.6 Å². The summed E-state index contributed by atoms with van der Waals surface area (Å²) in [5.41, 5.74) is 5.69. The zero-order valence-electron chi connectivity index (χ0n) is 7.24. The maximum Gasteiger partial charge on any atom is 0.145 e. The van der Waals surface area contributed by atoms with E-state index in [1.165, 1.54) is 0 Å². The lowest BCUT2D eigenvalue weighted by molar-refractivity contribution is 0.418. The predicted molar refractivity (Wildman–Crippen MR) is 51.5 cm³/mol. The highest BCUT2D eigenvalue weighted by atomic mass is 16.5. The number of rotatable bonds is 1. The van der Waals surface area contributed by atoms with Crippen molar-refractivity contribution in [1.29, 1.82) is 0 Å². The standard InChI is InChI=1S/C10H9N2O/c1-13-9-6-12-10(11)8-5-3-2-4-7(8)9/h2,4-6H,1H3,(H2,11,12). The number of anilines is 1. The van der Waals surface area contributed by atoms with E-state index in [-0.39, 0.29) is 0 Å². The molecule has 0 saturated heterocycles. The number of hydrogen-bond donors (Lipinski definition) is 1. The van der Waals surface area contributed by atoms with E-state index in [1.807, 2.05) is 12.1 Å². The van der Waals surface area contributed by atoms with Crippen molar-refractivity contribution >= 4 is 16.6 Å². The van der Waals surface area contributed by atoms with Crippen LogP contribution >= 0.6 is 0 Å². The molecule has 3 nitrogen and oxygen atoms in total. The lowest BCUT2D eigenvalue weighted by Gasteiger charge is -2.05. The molecule has 2 aromatic rings. The van der Waals surface area contributed by atoms with Gasteiger partial charge in [-0.25, -0.2) is 4.98 Å². The smallest absolute Gasteiger partial charge is 0.145 e. The van der Waals surface area contributed by atoms with Gasteiger partial charge in [0, 0.05) is 10.8 Å². The van der Waals surface area contributed by atoms with Crippen LogP contribution in [0, 0.1) is 6.07 Å². The summed E-state index contributed by atoms with van der Waals surface area (Å²) in [5, 5.41) is 1.84. The number of pyridine rings is 1. The molecule has 0 fully saturated rings. The minimum absolute atomic E-state index is 0.507. The summed E-state index contributed by atoms with van der Waals surface area (Å²) >= 11 is 0. The van der Waals surface area contributed by atoms with E-state index >= 15 is 0 Å². The fourth-order valence-corrected chi connectivity index (χ4v) is 1.29. The molecule has 0 aliphatic rings. The fourth-order valence-electron chi connectivity index (χ4n) is 1.29. The second-order valence-corrected chi connectivity index (χ2v) is 2.68. The number of nitrogens with zero attached hydrogens (tertiary/aromatic N) is 1. The molecule has 1 radical (unpaired) electrons. The van der Waals surface area contributed by atoms with E-state index < -0.39 is 0 Å². The minimum Gasteiger partial charge on any atom is -0.494 e. The Kier molecular flexibility index (Phi) is 1.77. The lowest BCUT2D eigenvalue weighted by atomic mass is 10.1. The second-order valence-electron chi connectivity index (χ2n) is 2.68. The molecular weight excluding hydrogens is 164 g/mol. The van der Waals surface area contributed by atoms with Crippen molar-refractivity contribution in [1.82, 2.24) is 4.98 Å². The van der Waals surface area contributed by atoms with E-state index in [2.05, 4.69) is 11.1 Å². The topological polar surface area (TPSA) is 48.1 Å². The maximum atomic E-state index is 5.69. The van der Waals surface area contributed by atoms with Gasteiger partial charge in [-0.2, -0.15) is 0 Å².